The van der Waals surface area contributed by atoms with Crippen LogP contribution in [0.3, 0.4) is 0 Å². The largest absolute Gasteiger partial charge is 0.394 e. The third-order valence-corrected chi connectivity index (χ3v) is 2.89. The molecule has 0 spiro atoms. The molecule has 0 aromatic heterocycles. The smallest absolute Gasteiger partial charge is 0.202 e. The highest BCUT2D eigenvalue weighted by Gasteiger charge is 2.44. The summed E-state index contributed by atoms with van der Waals surface area (Å²) in [6, 6.07) is 0. The lowest BCUT2D eigenvalue weighted by Gasteiger charge is -2.39. The second-order valence-corrected chi connectivity index (χ2v) is 6.91. The Morgan fingerprint density at radius 2 is 1.88 bits per heavy atom. The Hall–Kier alpha value is 0.130. The molecule has 1 heterocycles. The summed E-state index contributed by atoms with van der Waals surface area (Å²) in [4.78, 5) is 0. The van der Waals surface area contributed by atoms with Crippen LogP contribution in [-0.2, 0) is 28.9 Å². The van der Waals surface area contributed by atoms with E-state index in [1.165, 1.54) is 0 Å². The van der Waals surface area contributed by atoms with Crippen LogP contribution in [0.1, 0.15) is 0 Å². The molecular weight excluding hydrogens is 260 g/mol. The van der Waals surface area contributed by atoms with E-state index in [2.05, 4.69) is 11.2 Å². The molecule has 0 amide bonds. The zero-order valence-corrected chi connectivity index (χ0v) is 10.1. The predicted molar refractivity (Wildman–Crippen MR) is 56.3 cm³/mol. The summed E-state index contributed by atoms with van der Waals surface area (Å²) >= 11 is 4.47. The van der Waals surface area contributed by atoms with Crippen molar-refractivity contribution >= 4 is 20.0 Å². The highest BCUT2D eigenvalue weighted by Crippen LogP contribution is 2.22. The van der Waals surface area contributed by atoms with Crippen LogP contribution in [0.25, 0.3) is 0 Å². The van der Waals surface area contributed by atoms with Crippen molar-refractivity contribution in [2.75, 3.05) is 12.9 Å². The Labute approximate surface area is 97.5 Å². The molecule has 1 rings (SSSR count). The van der Waals surface area contributed by atoms with Gasteiger partial charge in [0.1, 0.15) is 33.2 Å². The number of rotatable bonds is 3. The monoisotopic (exact) mass is 274 g/mol. The molecule has 96 valence electrons. The van der Waals surface area contributed by atoms with Crippen LogP contribution in [0.5, 0.6) is 0 Å². The quantitative estimate of drug-likeness (QED) is 0.433. The SMILES string of the molecule is CS(=O)(=S)OC1O[C@H](CO)[C@@H](O)[C@H](O)[C@H]1O. The van der Waals surface area contributed by atoms with Gasteiger partial charge in [0.05, 0.1) is 6.61 Å². The number of ether oxygens (including phenoxy) is 1. The fourth-order valence-corrected chi connectivity index (χ4v) is 2.06. The molecule has 1 aliphatic rings. The van der Waals surface area contributed by atoms with Crippen molar-refractivity contribution in [2.24, 2.45) is 0 Å². The van der Waals surface area contributed by atoms with Gasteiger partial charge in [-0.15, -0.1) is 0 Å². The van der Waals surface area contributed by atoms with Crippen molar-refractivity contribution in [1.82, 2.24) is 0 Å². The molecule has 0 saturated carbocycles. The van der Waals surface area contributed by atoms with E-state index in [1.54, 1.807) is 0 Å². The molecule has 9 heteroatoms. The maximum atomic E-state index is 11.2. The Kier molecular flexibility index (Phi) is 4.60. The second kappa shape index (κ2) is 5.19. The van der Waals surface area contributed by atoms with E-state index in [0.717, 1.165) is 6.26 Å². The van der Waals surface area contributed by atoms with Crippen molar-refractivity contribution in [1.29, 1.82) is 0 Å². The highest BCUT2D eigenvalue weighted by molar-refractivity contribution is 8.29. The van der Waals surface area contributed by atoms with Gasteiger partial charge in [-0.2, -0.15) is 0 Å². The van der Waals surface area contributed by atoms with Crippen LogP contribution < -0.4 is 0 Å². The maximum Gasteiger partial charge on any atom is 0.202 e. The van der Waals surface area contributed by atoms with Gasteiger partial charge in [-0.3, -0.25) is 4.18 Å². The fraction of sp³-hybridized carbons (Fsp3) is 1.00. The molecule has 1 saturated heterocycles. The second-order valence-electron chi connectivity index (χ2n) is 3.50. The lowest BCUT2D eigenvalue weighted by molar-refractivity contribution is -0.275. The Balaban J connectivity index is 2.79. The number of aliphatic hydroxyl groups is 4. The molecule has 2 unspecified atom stereocenters. The molecule has 16 heavy (non-hydrogen) atoms. The predicted octanol–water partition coefficient (Wildman–Crippen LogP) is -2.91. The van der Waals surface area contributed by atoms with Crippen LogP contribution in [0.4, 0.5) is 0 Å². The van der Waals surface area contributed by atoms with Gasteiger partial charge in [0, 0.05) is 17.4 Å². The third kappa shape index (κ3) is 3.31. The van der Waals surface area contributed by atoms with E-state index >= 15 is 0 Å². The van der Waals surface area contributed by atoms with Crippen LogP contribution >= 0.6 is 0 Å². The molecule has 0 bridgehead atoms. The van der Waals surface area contributed by atoms with E-state index in [0.29, 0.717) is 0 Å². The molecule has 0 aromatic rings. The van der Waals surface area contributed by atoms with Gasteiger partial charge in [-0.05, 0) is 0 Å². The zero-order valence-electron chi connectivity index (χ0n) is 8.42. The Bertz CT molecular complexity index is 328. The lowest BCUT2D eigenvalue weighted by Crippen LogP contribution is -2.59. The van der Waals surface area contributed by atoms with Crippen molar-refractivity contribution in [3.8, 4) is 0 Å². The summed E-state index contributed by atoms with van der Waals surface area (Å²) in [5, 5.41) is 37.1. The fourth-order valence-electron chi connectivity index (χ4n) is 1.32. The van der Waals surface area contributed by atoms with Crippen LogP contribution in [0, 0.1) is 0 Å². The van der Waals surface area contributed by atoms with Crippen molar-refractivity contribution in [2.45, 2.75) is 30.7 Å². The van der Waals surface area contributed by atoms with Gasteiger partial charge < -0.3 is 25.2 Å². The normalized spacial score (nSPS) is 43.9. The van der Waals surface area contributed by atoms with Gasteiger partial charge in [0.15, 0.2) is 0 Å². The minimum Gasteiger partial charge on any atom is -0.394 e. The minimum atomic E-state index is -3.06. The molecule has 1 aliphatic heterocycles. The molecule has 0 aliphatic carbocycles. The summed E-state index contributed by atoms with van der Waals surface area (Å²) in [6.45, 7) is -0.576. The standard InChI is InChI=1S/C7H14O7S2/c1-16(12,15)14-7-6(11)5(10)4(9)3(2-8)13-7/h3-11H,2H2,1H3/t3-,4-,5+,6-,7?,16?/m1/s1. The van der Waals surface area contributed by atoms with Gasteiger partial charge >= 0.3 is 0 Å². The number of aliphatic hydroxyl groups excluding tert-OH is 4. The summed E-state index contributed by atoms with van der Waals surface area (Å²) in [5.74, 6) is 0. The molecule has 1 fully saturated rings. The van der Waals surface area contributed by atoms with Gasteiger partial charge in [0.25, 0.3) is 0 Å². The zero-order chi connectivity index (χ0) is 12.5. The topological polar surface area (TPSA) is 116 Å². The van der Waals surface area contributed by atoms with Crippen molar-refractivity contribution in [3.63, 3.8) is 0 Å². The number of hydrogen-bond acceptors (Lipinski definition) is 8. The van der Waals surface area contributed by atoms with E-state index in [-0.39, 0.29) is 0 Å². The van der Waals surface area contributed by atoms with Crippen LogP contribution in [-0.4, -0.2) is 68.2 Å². The van der Waals surface area contributed by atoms with E-state index in [9.17, 15) is 19.5 Å². The molecule has 0 radical (unpaired) electrons. The van der Waals surface area contributed by atoms with Gasteiger partial charge in [0.2, 0.25) is 6.29 Å². The van der Waals surface area contributed by atoms with Crippen LogP contribution in [0.2, 0.25) is 0 Å². The van der Waals surface area contributed by atoms with E-state index in [4.69, 9.17) is 14.0 Å². The third-order valence-electron chi connectivity index (χ3n) is 2.12. The van der Waals surface area contributed by atoms with Gasteiger partial charge in [-0.1, -0.05) is 0 Å². The summed E-state index contributed by atoms with van der Waals surface area (Å²) in [7, 11) is -3.06. The summed E-state index contributed by atoms with van der Waals surface area (Å²) < 4.78 is 20.8. The van der Waals surface area contributed by atoms with Crippen molar-refractivity contribution in [3.05, 3.63) is 0 Å². The maximum absolute atomic E-state index is 11.2. The Morgan fingerprint density at radius 1 is 1.31 bits per heavy atom. The highest BCUT2D eigenvalue weighted by atomic mass is 32.8. The first kappa shape index (κ1) is 14.2. The Morgan fingerprint density at radius 3 is 2.31 bits per heavy atom. The first-order valence-corrected chi connectivity index (χ1v) is 7.26. The summed E-state index contributed by atoms with van der Waals surface area (Å²) in [5.41, 5.74) is 0. The van der Waals surface area contributed by atoms with Crippen LogP contribution in [0.15, 0.2) is 0 Å². The summed E-state index contributed by atoms with van der Waals surface area (Å²) in [6.07, 6.45) is -6.04. The molecule has 7 nitrogen and oxygen atoms in total. The molecule has 4 N–H and O–H groups in total. The average molecular weight is 274 g/mol. The number of hydrogen-bond donors (Lipinski definition) is 4. The van der Waals surface area contributed by atoms with E-state index < -0.39 is 46.1 Å². The van der Waals surface area contributed by atoms with Crippen molar-refractivity contribution < 1.29 is 33.6 Å². The average Bonchev–Trinajstić information content (AvgIpc) is 2.17. The lowest BCUT2D eigenvalue weighted by atomic mass is 10.00. The first-order chi connectivity index (χ1) is 7.26. The minimum absolute atomic E-state index is 0.576. The van der Waals surface area contributed by atoms with Gasteiger partial charge in [-0.25, -0.2) is 4.21 Å². The van der Waals surface area contributed by atoms with E-state index in [1.807, 2.05) is 0 Å². The molecular formula is C7H14O7S2. The first-order valence-electron chi connectivity index (χ1n) is 4.45. The molecule has 0 aromatic carbocycles. The molecule has 6 atom stereocenters.